The molecule has 0 aliphatic heterocycles. The number of carbonyl (C=O) groups excluding carboxylic acids is 1. The second-order valence-electron chi connectivity index (χ2n) is 5.55. The van der Waals surface area contributed by atoms with Crippen LogP contribution >= 0.6 is 7.37 Å². The monoisotopic (exact) mass is 386 g/mol. The van der Waals surface area contributed by atoms with Gasteiger partial charge in [-0.1, -0.05) is 56.0 Å². The molecule has 0 aliphatic rings. The van der Waals surface area contributed by atoms with Gasteiger partial charge in [0, 0.05) is 0 Å². The first-order chi connectivity index (χ1) is 13.1. The molecule has 0 spiro atoms. The number of hydrogen-bond donors (Lipinski definition) is 0. The van der Waals surface area contributed by atoms with Crippen LogP contribution in [0, 0.1) is 0 Å². The fourth-order valence-corrected chi connectivity index (χ4v) is 4.24. The summed E-state index contributed by atoms with van der Waals surface area (Å²) in [6.07, 6.45) is 3.30. The minimum Gasteiger partial charge on any atom is -0.493 e. The third kappa shape index (κ3) is 5.60. The number of carbonyl (C=O) groups is 1. The lowest BCUT2D eigenvalue weighted by Gasteiger charge is -2.21. The summed E-state index contributed by atoms with van der Waals surface area (Å²) in [6.45, 7) is 5.83. The highest BCUT2D eigenvalue weighted by Crippen LogP contribution is 2.46. The molecular weight excluding hydrogens is 363 g/mol. The van der Waals surface area contributed by atoms with Gasteiger partial charge >= 0.3 is 13.3 Å². The predicted molar refractivity (Wildman–Crippen MR) is 106 cm³/mol. The average Bonchev–Trinajstić information content (AvgIpc) is 2.72. The molecule has 2 aromatic rings. The Labute approximate surface area is 159 Å². The van der Waals surface area contributed by atoms with Gasteiger partial charge in [-0.3, -0.25) is 4.57 Å². The minimum atomic E-state index is -3.59. The number of hydrogen-bond acceptors (Lipinski definition) is 5. The lowest BCUT2D eigenvalue weighted by atomic mass is 10.4. The molecule has 0 heterocycles. The summed E-state index contributed by atoms with van der Waals surface area (Å²) in [5.74, 6) is -0.977. The van der Waals surface area contributed by atoms with Crippen LogP contribution in [0.3, 0.4) is 0 Å². The summed E-state index contributed by atoms with van der Waals surface area (Å²) in [7, 11) is -3.59. The normalized spacial score (nSPS) is 11.5. The summed E-state index contributed by atoms with van der Waals surface area (Å²) in [4.78, 5) is 12.4. The molecule has 6 heteroatoms. The van der Waals surface area contributed by atoms with Crippen molar-refractivity contribution in [3.05, 3.63) is 85.3 Å². The Balaban J connectivity index is 2.44. The Kier molecular flexibility index (Phi) is 7.90. The molecule has 2 aromatic carbocycles. The zero-order chi connectivity index (χ0) is 19.5. The van der Waals surface area contributed by atoms with E-state index in [-0.39, 0.29) is 19.0 Å². The quantitative estimate of drug-likeness (QED) is 0.155. The number of esters is 1. The van der Waals surface area contributed by atoms with E-state index in [0.717, 1.165) is 6.26 Å². The van der Waals surface area contributed by atoms with Crippen LogP contribution in [-0.2, 0) is 23.4 Å². The Hall–Kier alpha value is -2.78. The molecule has 0 unspecified atom stereocenters. The van der Waals surface area contributed by atoms with Crippen molar-refractivity contribution in [1.82, 2.24) is 0 Å². The lowest BCUT2D eigenvalue weighted by molar-refractivity contribution is -0.141. The van der Waals surface area contributed by atoms with Crippen LogP contribution in [0.25, 0.3) is 0 Å². The first-order valence-corrected chi connectivity index (χ1v) is 10.2. The Bertz CT molecular complexity index is 771. The Morgan fingerprint density at radius 3 is 2.07 bits per heavy atom. The van der Waals surface area contributed by atoms with Crippen LogP contribution in [0.1, 0.15) is 13.3 Å². The molecule has 0 atom stereocenters. The van der Waals surface area contributed by atoms with Gasteiger partial charge < -0.3 is 14.0 Å². The maximum atomic E-state index is 13.9. The number of rotatable bonds is 10. The van der Waals surface area contributed by atoms with Crippen molar-refractivity contribution in [2.75, 3.05) is 13.2 Å². The summed E-state index contributed by atoms with van der Waals surface area (Å²) < 4.78 is 30.1. The van der Waals surface area contributed by atoms with Gasteiger partial charge in [0.05, 0.1) is 17.2 Å². The smallest absolute Gasteiger partial charge is 0.377 e. The second-order valence-corrected chi connectivity index (χ2v) is 7.87. The van der Waals surface area contributed by atoms with E-state index in [2.05, 4.69) is 6.58 Å². The van der Waals surface area contributed by atoms with E-state index >= 15 is 0 Å². The fraction of sp³-hybridized carbons (Fsp3) is 0.190. The number of ether oxygens (including phenoxy) is 2. The molecule has 0 saturated heterocycles. The number of benzene rings is 2. The van der Waals surface area contributed by atoms with Crippen LogP contribution in [-0.4, -0.2) is 19.2 Å². The van der Waals surface area contributed by atoms with Crippen LogP contribution in [0.4, 0.5) is 0 Å². The van der Waals surface area contributed by atoms with Crippen LogP contribution < -0.4 is 10.6 Å². The molecule has 0 N–H and O–H groups in total. The molecule has 0 amide bonds. The van der Waals surface area contributed by atoms with Gasteiger partial charge in [0.25, 0.3) is 0 Å². The first kappa shape index (κ1) is 20.5. The molecule has 27 heavy (non-hydrogen) atoms. The highest BCUT2D eigenvalue weighted by molar-refractivity contribution is 7.74. The topological polar surface area (TPSA) is 61.8 Å². The molecule has 0 aliphatic carbocycles. The largest absolute Gasteiger partial charge is 0.493 e. The molecule has 0 aromatic heterocycles. The lowest BCUT2D eigenvalue weighted by Crippen LogP contribution is -2.21. The van der Waals surface area contributed by atoms with Crippen molar-refractivity contribution in [3.8, 4) is 0 Å². The van der Waals surface area contributed by atoms with Crippen molar-refractivity contribution in [1.29, 1.82) is 0 Å². The van der Waals surface area contributed by atoms with E-state index in [1.54, 1.807) is 48.5 Å². The van der Waals surface area contributed by atoms with Crippen molar-refractivity contribution in [3.63, 3.8) is 0 Å². The van der Waals surface area contributed by atoms with Gasteiger partial charge in [0.2, 0.25) is 5.76 Å². The van der Waals surface area contributed by atoms with Gasteiger partial charge in [-0.2, -0.15) is 0 Å². The highest BCUT2D eigenvalue weighted by atomic mass is 31.2. The zero-order valence-electron chi connectivity index (χ0n) is 15.2. The van der Waals surface area contributed by atoms with E-state index in [1.807, 2.05) is 19.1 Å². The molecule has 2 rings (SSSR count). The second kappa shape index (κ2) is 10.4. The molecule has 5 nitrogen and oxygen atoms in total. The van der Waals surface area contributed by atoms with Crippen molar-refractivity contribution >= 4 is 23.9 Å². The van der Waals surface area contributed by atoms with Crippen LogP contribution in [0.5, 0.6) is 0 Å². The highest BCUT2D eigenvalue weighted by Gasteiger charge is 2.33. The van der Waals surface area contributed by atoms with E-state index in [4.69, 9.17) is 14.0 Å². The van der Waals surface area contributed by atoms with Gasteiger partial charge in [-0.15, -0.1) is 0 Å². The third-order valence-electron chi connectivity index (χ3n) is 3.46. The van der Waals surface area contributed by atoms with Crippen LogP contribution in [0.15, 0.2) is 85.3 Å². The van der Waals surface area contributed by atoms with E-state index in [0.29, 0.717) is 17.0 Å². The van der Waals surface area contributed by atoms with Gasteiger partial charge in [0.1, 0.15) is 12.9 Å². The maximum absolute atomic E-state index is 13.9. The molecular formula is C21H23O5P. The molecule has 142 valence electrons. The summed E-state index contributed by atoms with van der Waals surface area (Å²) in [5, 5.41) is 0.934. The Morgan fingerprint density at radius 1 is 1.04 bits per heavy atom. The van der Waals surface area contributed by atoms with Crippen molar-refractivity contribution < 1.29 is 23.4 Å². The summed E-state index contributed by atoms with van der Waals surface area (Å²) >= 11 is 0. The summed E-state index contributed by atoms with van der Waals surface area (Å²) in [5.41, 5.74) is 0. The predicted octanol–water partition coefficient (Wildman–Crippen LogP) is 3.93. The standard InChI is InChI=1S/C21H23O5P/c1-3-15-24-17-20(21(22)25-16-4-2)26-27(23,18-11-7-5-8-12-18)19-13-9-6-10-14-19/h3,5-14,17H,1,4,15-16H2,2H3. The van der Waals surface area contributed by atoms with Crippen LogP contribution in [0.2, 0.25) is 0 Å². The zero-order valence-corrected chi connectivity index (χ0v) is 16.1. The van der Waals surface area contributed by atoms with E-state index in [1.165, 1.54) is 6.08 Å². The molecule has 0 bridgehead atoms. The third-order valence-corrected chi connectivity index (χ3v) is 5.87. The van der Waals surface area contributed by atoms with Crippen molar-refractivity contribution in [2.45, 2.75) is 13.3 Å². The first-order valence-electron chi connectivity index (χ1n) is 8.62. The fourth-order valence-electron chi connectivity index (χ4n) is 2.21. The molecule has 0 fully saturated rings. The van der Waals surface area contributed by atoms with E-state index in [9.17, 15) is 9.36 Å². The SMILES string of the molecule is C=CCOC=C(OP(=O)(c1ccccc1)c1ccccc1)C(=O)OCCC. The van der Waals surface area contributed by atoms with Crippen molar-refractivity contribution in [2.24, 2.45) is 0 Å². The average molecular weight is 386 g/mol. The molecule has 0 saturated carbocycles. The van der Waals surface area contributed by atoms with Gasteiger partial charge in [-0.25, -0.2) is 4.79 Å². The minimum absolute atomic E-state index is 0.175. The maximum Gasteiger partial charge on any atom is 0.377 e. The van der Waals surface area contributed by atoms with E-state index < -0.39 is 13.3 Å². The Morgan fingerprint density at radius 2 is 1.59 bits per heavy atom. The summed E-state index contributed by atoms with van der Waals surface area (Å²) in [6, 6.07) is 17.5. The van der Waals surface area contributed by atoms with Gasteiger partial charge in [-0.05, 0) is 30.7 Å². The van der Waals surface area contributed by atoms with Gasteiger partial charge in [0.15, 0.2) is 0 Å². The molecule has 0 radical (unpaired) electrons.